The highest BCUT2D eigenvalue weighted by atomic mass is 16.5. The molecular weight excluding hydrogens is 426 g/mol. The Labute approximate surface area is 191 Å². The largest absolute Gasteiger partial charge is 0.463 e. The summed E-state index contributed by atoms with van der Waals surface area (Å²) in [5.74, 6) is -2.85. The van der Waals surface area contributed by atoms with E-state index in [4.69, 9.17) is 10.5 Å². The third-order valence-corrected chi connectivity index (χ3v) is 4.64. The van der Waals surface area contributed by atoms with Crippen LogP contribution in [0.2, 0.25) is 0 Å². The number of hydrogen-bond donors (Lipinski definition) is 4. The Bertz CT molecular complexity index is 978. The highest BCUT2D eigenvalue weighted by Crippen LogP contribution is 2.18. The van der Waals surface area contributed by atoms with Crippen molar-refractivity contribution >= 4 is 23.7 Å². The first kappa shape index (κ1) is 25.3. The van der Waals surface area contributed by atoms with E-state index < -0.39 is 41.9 Å². The average Bonchev–Trinajstić information content (AvgIpc) is 2.82. The van der Waals surface area contributed by atoms with Gasteiger partial charge in [0, 0.05) is 11.6 Å². The van der Waals surface area contributed by atoms with Gasteiger partial charge in [0.25, 0.3) is 11.8 Å². The number of esters is 1. The molecule has 0 radical (unpaired) electrons. The van der Waals surface area contributed by atoms with Crippen LogP contribution in [-0.4, -0.2) is 47.6 Å². The molecule has 0 heterocycles. The minimum Gasteiger partial charge on any atom is -0.463 e. The summed E-state index contributed by atoms with van der Waals surface area (Å²) in [6.45, 7) is 1.85. The Hall–Kier alpha value is -3.98. The van der Waals surface area contributed by atoms with Crippen LogP contribution in [0.15, 0.2) is 72.8 Å². The van der Waals surface area contributed by atoms with Crippen LogP contribution in [-0.2, 0) is 19.1 Å². The predicted molar refractivity (Wildman–Crippen MR) is 121 cm³/mol. The topological polar surface area (TPSA) is 148 Å². The molecule has 2 aromatic rings. The van der Waals surface area contributed by atoms with Crippen molar-refractivity contribution in [2.75, 3.05) is 6.61 Å². The lowest BCUT2D eigenvalue weighted by Gasteiger charge is -2.25. The molecule has 3 amide bonds. The van der Waals surface area contributed by atoms with E-state index >= 15 is 0 Å². The van der Waals surface area contributed by atoms with E-state index in [0.29, 0.717) is 11.1 Å². The lowest BCUT2D eigenvalue weighted by molar-refractivity contribution is -0.137. The van der Waals surface area contributed by atoms with Crippen LogP contribution in [0.25, 0.3) is 0 Å². The van der Waals surface area contributed by atoms with Gasteiger partial charge in [-0.15, -0.1) is 0 Å². The van der Waals surface area contributed by atoms with Crippen molar-refractivity contribution in [2.45, 2.75) is 31.5 Å². The average molecular weight is 453 g/mol. The second-order valence-electron chi connectivity index (χ2n) is 7.03. The monoisotopic (exact) mass is 453 g/mol. The van der Waals surface area contributed by atoms with Gasteiger partial charge in [0.15, 0.2) is 6.10 Å². The number of aliphatic hydroxyl groups excluding tert-OH is 1. The Morgan fingerprint density at radius 2 is 1.61 bits per heavy atom. The Morgan fingerprint density at radius 3 is 2.18 bits per heavy atom. The number of primary amides is 1. The summed E-state index contributed by atoms with van der Waals surface area (Å²) in [7, 11) is 0. The summed E-state index contributed by atoms with van der Waals surface area (Å²) in [6, 6.07) is 14.5. The maximum Gasteiger partial charge on any atom is 0.330 e. The zero-order valence-electron chi connectivity index (χ0n) is 18.1. The molecule has 0 fully saturated rings. The van der Waals surface area contributed by atoms with E-state index in [0.717, 1.165) is 6.08 Å². The maximum atomic E-state index is 12.8. The minimum absolute atomic E-state index is 0.0843. The fraction of sp³-hybridized carbons (Fsp3) is 0.250. The van der Waals surface area contributed by atoms with E-state index in [-0.39, 0.29) is 13.0 Å². The van der Waals surface area contributed by atoms with E-state index in [2.05, 4.69) is 10.6 Å². The van der Waals surface area contributed by atoms with Crippen molar-refractivity contribution < 1.29 is 29.0 Å². The summed E-state index contributed by atoms with van der Waals surface area (Å²) < 4.78 is 4.75. The molecule has 0 unspecified atom stereocenters. The predicted octanol–water partition coefficient (Wildman–Crippen LogP) is 0.998. The van der Waals surface area contributed by atoms with Crippen molar-refractivity contribution in [3.63, 3.8) is 0 Å². The molecule has 9 nitrogen and oxygen atoms in total. The number of carbonyl (C=O) groups is 4. The number of nitrogens with one attached hydrogen (secondary N) is 2. The fourth-order valence-electron chi connectivity index (χ4n) is 2.96. The Balaban J connectivity index is 2.15. The number of hydrogen-bond acceptors (Lipinski definition) is 6. The van der Waals surface area contributed by atoms with Gasteiger partial charge in [-0.05, 0) is 31.0 Å². The highest BCUT2D eigenvalue weighted by Gasteiger charge is 2.31. The summed E-state index contributed by atoms with van der Waals surface area (Å²) in [5, 5.41) is 15.8. The number of benzene rings is 2. The smallest absolute Gasteiger partial charge is 0.330 e. The second-order valence-corrected chi connectivity index (χ2v) is 7.03. The molecule has 9 heteroatoms. The number of ether oxygens (including phenoxy) is 1. The molecule has 0 saturated heterocycles. The van der Waals surface area contributed by atoms with Gasteiger partial charge < -0.3 is 26.2 Å². The fourth-order valence-corrected chi connectivity index (χ4v) is 2.96. The Kier molecular flexibility index (Phi) is 9.79. The van der Waals surface area contributed by atoms with Crippen LogP contribution >= 0.6 is 0 Å². The highest BCUT2D eigenvalue weighted by molar-refractivity contribution is 5.95. The van der Waals surface area contributed by atoms with Gasteiger partial charge >= 0.3 is 5.97 Å². The van der Waals surface area contributed by atoms with Crippen LogP contribution in [0.5, 0.6) is 0 Å². The quantitative estimate of drug-likeness (QED) is 0.295. The van der Waals surface area contributed by atoms with E-state index in [9.17, 15) is 24.3 Å². The molecule has 0 aliphatic heterocycles. The third-order valence-electron chi connectivity index (χ3n) is 4.64. The summed E-state index contributed by atoms with van der Waals surface area (Å²) >= 11 is 0. The summed E-state index contributed by atoms with van der Waals surface area (Å²) in [5.41, 5.74) is 6.19. The van der Waals surface area contributed by atoms with Gasteiger partial charge in [-0.2, -0.15) is 0 Å². The zero-order valence-corrected chi connectivity index (χ0v) is 18.1. The SMILES string of the molecule is CCOC(=O)/C=C/C[C@H](NC(=O)[C@H](O)[C@@H](NC(=O)c1ccccc1)c1ccccc1)C(N)=O. The van der Waals surface area contributed by atoms with Gasteiger partial charge in [0.2, 0.25) is 5.91 Å². The summed E-state index contributed by atoms with van der Waals surface area (Å²) in [4.78, 5) is 48.6. The minimum atomic E-state index is -1.73. The van der Waals surface area contributed by atoms with Crippen molar-refractivity contribution in [1.82, 2.24) is 10.6 Å². The lowest BCUT2D eigenvalue weighted by Crippen LogP contribution is -2.51. The Morgan fingerprint density at radius 1 is 1.00 bits per heavy atom. The van der Waals surface area contributed by atoms with E-state index in [1.165, 1.54) is 6.08 Å². The van der Waals surface area contributed by atoms with Crippen LogP contribution in [0, 0.1) is 0 Å². The van der Waals surface area contributed by atoms with Crippen molar-refractivity contribution in [1.29, 1.82) is 0 Å². The van der Waals surface area contributed by atoms with Crippen molar-refractivity contribution in [3.8, 4) is 0 Å². The van der Waals surface area contributed by atoms with Crippen LogP contribution in [0.3, 0.4) is 0 Å². The van der Waals surface area contributed by atoms with Crippen molar-refractivity contribution in [2.24, 2.45) is 5.73 Å². The molecule has 0 bridgehead atoms. The number of rotatable bonds is 11. The number of nitrogens with two attached hydrogens (primary N) is 1. The maximum absolute atomic E-state index is 12.8. The van der Waals surface area contributed by atoms with Crippen LogP contribution < -0.4 is 16.4 Å². The van der Waals surface area contributed by atoms with E-state index in [1.54, 1.807) is 67.6 Å². The lowest BCUT2D eigenvalue weighted by atomic mass is 9.99. The van der Waals surface area contributed by atoms with Crippen LogP contribution in [0.1, 0.15) is 35.3 Å². The first-order valence-electron chi connectivity index (χ1n) is 10.3. The van der Waals surface area contributed by atoms with Gasteiger partial charge in [-0.1, -0.05) is 54.6 Å². The standard InChI is InChI=1S/C24H27N3O6/c1-2-33-19(28)15-9-14-18(22(25)30)26-24(32)21(29)20(16-10-5-3-6-11-16)27-23(31)17-12-7-4-8-13-17/h3-13,15,18,20-21,29H,2,14H2,1H3,(H2,25,30)(H,26,32)(H,27,31)/b15-9+/t18-,20-,21+/m0/s1. The molecule has 2 rings (SSSR count). The molecule has 33 heavy (non-hydrogen) atoms. The van der Waals surface area contributed by atoms with Gasteiger partial charge in [0.1, 0.15) is 6.04 Å². The number of amides is 3. The molecule has 0 aromatic heterocycles. The molecular formula is C24H27N3O6. The molecule has 0 spiro atoms. The summed E-state index contributed by atoms with van der Waals surface area (Å²) in [6.07, 6.45) is 0.649. The second kappa shape index (κ2) is 12.8. The molecule has 0 aliphatic rings. The first-order valence-corrected chi connectivity index (χ1v) is 10.3. The molecule has 0 aliphatic carbocycles. The number of aliphatic hydroxyl groups is 1. The van der Waals surface area contributed by atoms with Gasteiger partial charge in [-0.25, -0.2) is 4.79 Å². The molecule has 0 saturated carbocycles. The molecule has 3 atom stereocenters. The molecule has 5 N–H and O–H groups in total. The normalized spacial score (nSPS) is 13.5. The third kappa shape index (κ3) is 7.89. The molecule has 174 valence electrons. The first-order chi connectivity index (χ1) is 15.8. The van der Waals surface area contributed by atoms with Crippen molar-refractivity contribution in [3.05, 3.63) is 83.9 Å². The van der Waals surface area contributed by atoms with E-state index in [1.807, 2.05) is 0 Å². The van der Waals surface area contributed by atoms with Gasteiger partial charge in [-0.3, -0.25) is 14.4 Å². The van der Waals surface area contributed by atoms with Crippen LogP contribution in [0.4, 0.5) is 0 Å². The zero-order chi connectivity index (χ0) is 24.2. The number of carbonyl (C=O) groups excluding carboxylic acids is 4. The van der Waals surface area contributed by atoms with Gasteiger partial charge in [0.05, 0.1) is 12.6 Å². The molecule has 2 aromatic carbocycles.